The Kier molecular flexibility index (Phi) is 6.90. The van der Waals surface area contributed by atoms with Crippen molar-refractivity contribution in [2.75, 3.05) is 26.8 Å². The molecule has 1 saturated heterocycles. The minimum absolute atomic E-state index is 0.0794. The Hall–Kier alpha value is -1.99. The Morgan fingerprint density at radius 1 is 1.32 bits per heavy atom. The summed E-state index contributed by atoms with van der Waals surface area (Å²) in [5.74, 6) is -0.680. The van der Waals surface area contributed by atoms with Crippen LogP contribution in [0.2, 0.25) is 0 Å². The predicted octanol–water partition coefficient (Wildman–Crippen LogP) is 0.730. The Morgan fingerprint density at radius 2 is 2.08 bits per heavy atom. The van der Waals surface area contributed by atoms with Gasteiger partial charge in [0.05, 0.1) is 19.8 Å². The molecular weight excluding hydrogens is 324 g/mol. The molecule has 1 amide bonds. The number of carbonyl (C=O) groups is 3. The molecule has 25 heavy (non-hydrogen) atoms. The molecule has 0 saturated carbocycles. The van der Waals surface area contributed by atoms with Crippen LogP contribution in [-0.4, -0.2) is 61.3 Å². The van der Waals surface area contributed by atoms with Gasteiger partial charge in [-0.15, -0.1) is 0 Å². The molecular formula is C18H26N2O5. The molecule has 2 rings (SSSR count). The number of ketones is 2. The summed E-state index contributed by atoms with van der Waals surface area (Å²) in [5, 5.41) is 0. The number of nitrogens with zero attached hydrogens (tertiary/aromatic N) is 1. The molecule has 7 nitrogen and oxygen atoms in total. The maximum atomic E-state index is 12.7. The summed E-state index contributed by atoms with van der Waals surface area (Å²) in [6, 6.07) is -0.497. The molecule has 1 fully saturated rings. The van der Waals surface area contributed by atoms with Crippen LogP contribution in [0.4, 0.5) is 0 Å². The van der Waals surface area contributed by atoms with Gasteiger partial charge in [0, 0.05) is 18.7 Å². The fourth-order valence-corrected chi connectivity index (χ4v) is 3.22. The Balaban J connectivity index is 2.14. The third-order valence-electron chi connectivity index (χ3n) is 4.53. The molecule has 2 unspecified atom stereocenters. The molecule has 0 aromatic heterocycles. The van der Waals surface area contributed by atoms with Crippen LogP contribution in [0.15, 0.2) is 23.5 Å². The van der Waals surface area contributed by atoms with Crippen LogP contribution < -0.4 is 5.73 Å². The highest BCUT2D eigenvalue weighted by molar-refractivity contribution is 6.43. The van der Waals surface area contributed by atoms with E-state index in [4.69, 9.17) is 15.2 Å². The van der Waals surface area contributed by atoms with Gasteiger partial charge in [0.1, 0.15) is 11.9 Å². The Morgan fingerprint density at radius 3 is 2.72 bits per heavy atom. The lowest BCUT2D eigenvalue weighted by Crippen LogP contribution is -2.50. The molecule has 1 aliphatic carbocycles. The number of piperidine rings is 1. The molecule has 0 spiro atoms. The standard InChI is InChI=1S/C18H26N2O5/c1-12(21)14-5-3-4-9-20(14)18(23)17(22)13-6-7-15(24-2)16(11-13)25-10-8-19/h7,11,14,16H,3-6,8-10,19H2,1-2H3. The summed E-state index contributed by atoms with van der Waals surface area (Å²) in [6.45, 7) is 2.56. The van der Waals surface area contributed by atoms with Gasteiger partial charge in [-0.25, -0.2) is 0 Å². The van der Waals surface area contributed by atoms with E-state index in [-0.39, 0.29) is 5.78 Å². The molecule has 0 bridgehead atoms. The van der Waals surface area contributed by atoms with Crippen molar-refractivity contribution in [3.63, 3.8) is 0 Å². The number of allylic oxidation sites excluding steroid dienone is 1. The van der Waals surface area contributed by atoms with Crippen LogP contribution in [-0.2, 0) is 23.9 Å². The first kappa shape index (κ1) is 19.3. The number of Topliss-reactive ketones (excluding diaryl/α,β-unsaturated/α-hetero) is 2. The highest BCUT2D eigenvalue weighted by Gasteiger charge is 2.35. The number of carbonyl (C=O) groups excluding carboxylic acids is 3. The lowest BCUT2D eigenvalue weighted by atomic mass is 9.95. The smallest absolute Gasteiger partial charge is 0.295 e. The van der Waals surface area contributed by atoms with E-state index in [1.165, 1.54) is 18.9 Å². The van der Waals surface area contributed by atoms with Gasteiger partial charge in [0.15, 0.2) is 5.78 Å². The molecule has 1 heterocycles. The van der Waals surface area contributed by atoms with E-state index in [9.17, 15) is 14.4 Å². The fourth-order valence-electron chi connectivity index (χ4n) is 3.22. The average Bonchev–Trinajstić information content (AvgIpc) is 2.64. The number of amides is 1. The quantitative estimate of drug-likeness (QED) is 0.680. The maximum Gasteiger partial charge on any atom is 0.295 e. The zero-order valence-corrected chi connectivity index (χ0v) is 14.8. The van der Waals surface area contributed by atoms with Crippen molar-refractivity contribution in [1.29, 1.82) is 0 Å². The van der Waals surface area contributed by atoms with Crippen molar-refractivity contribution in [1.82, 2.24) is 4.90 Å². The summed E-state index contributed by atoms with van der Waals surface area (Å²) in [5.41, 5.74) is 5.81. The largest absolute Gasteiger partial charge is 0.498 e. The normalized spacial score (nSPS) is 23.6. The van der Waals surface area contributed by atoms with E-state index in [1.807, 2.05) is 0 Å². The third-order valence-corrected chi connectivity index (χ3v) is 4.53. The first-order valence-electron chi connectivity index (χ1n) is 8.61. The van der Waals surface area contributed by atoms with Crippen LogP contribution in [0.5, 0.6) is 0 Å². The van der Waals surface area contributed by atoms with Gasteiger partial charge in [-0.1, -0.05) is 0 Å². The number of rotatable bonds is 7. The minimum atomic E-state index is -0.613. The van der Waals surface area contributed by atoms with Crippen molar-refractivity contribution in [3.05, 3.63) is 23.5 Å². The number of methoxy groups -OCH3 is 1. The average molecular weight is 350 g/mol. The fraction of sp³-hybridized carbons (Fsp3) is 0.611. The van der Waals surface area contributed by atoms with Crippen LogP contribution in [0.25, 0.3) is 0 Å². The van der Waals surface area contributed by atoms with Crippen LogP contribution in [0, 0.1) is 0 Å². The van der Waals surface area contributed by atoms with Gasteiger partial charge >= 0.3 is 0 Å². The first-order chi connectivity index (χ1) is 12.0. The Bertz CT molecular complexity index is 596. The highest BCUT2D eigenvalue weighted by atomic mass is 16.5. The second kappa shape index (κ2) is 8.92. The summed E-state index contributed by atoms with van der Waals surface area (Å²) in [7, 11) is 1.53. The van der Waals surface area contributed by atoms with Crippen molar-refractivity contribution in [3.8, 4) is 0 Å². The lowest BCUT2D eigenvalue weighted by Gasteiger charge is -2.34. The summed E-state index contributed by atoms with van der Waals surface area (Å²) in [6.07, 6.45) is 5.43. The molecule has 138 valence electrons. The number of nitrogens with two attached hydrogens (primary N) is 1. The monoisotopic (exact) mass is 350 g/mol. The Labute approximate surface area is 147 Å². The van der Waals surface area contributed by atoms with Crippen molar-refractivity contribution >= 4 is 17.5 Å². The molecule has 0 aromatic rings. The van der Waals surface area contributed by atoms with Gasteiger partial charge in [0.2, 0.25) is 5.78 Å². The van der Waals surface area contributed by atoms with Crippen molar-refractivity contribution < 1.29 is 23.9 Å². The number of ether oxygens (including phenoxy) is 2. The van der Waals surface area contributed by atoms with Gasteiger partial charge < -0.3 is 20.1 Å². The molecule has 1 aliphatic heterocycles. The van der Waals surface area contributed by atoms with E-state index in [1.54, 1.807) is 12.2 Å². The van der Waals surface area contributed by atoms with Gasteiger partial charge in [-0.3, -0.25) is 14.4 Å². The second-order valence-electron chi connectivity index (χ2n) is 6.24. The molecule has 2 aliphatic rings. The van der Waals surface area contributed by atoms with E-state index in [2.05, 4.69) is 0 Å². The van der Waals surface area contributed by atoms with Gasteiger partial charge in [-0.05, 0) is 44.8 Å². The number of hydrogen-bond donors (Lipinski definition) is 1. The third kappa shape index (κ3) is 4.55. The summed E-state index contributed by atoms with van der Waals surface area (Å²) < 4.78 is 10.8. The van der Waals surface area contributed by atoms with Gasteiger partial charge in [-0.2, -0.15) is 0 Å². The van der Waals surface area contributed by atoms with Crippen molar-refractivity contribution in [2.45, 2.75) is 44.8 Å². The molecule has 0 aromatic carbocycles. The minimum Gasteiger partial charge on any atom is -0.498 e. The predicted molar refractivity (Wildman–Crippen MR) is 91.6 cm³/mol. The highest BCUT2D eigenvalue weighted by Crippen LogP contribution is 2.24. The summed E-state index contributed by atoms with van der Waals surface area (Å²) in [4.78, 5) is 38.5. The van der Waals surface area contributed by atoms with Crippen LogP contribution >= 0.6 is 0 Å². The maximum absolute atomic E-state index is 12.7. The molecule has 2 atom stereocenters. The van der Waals surface area contributed by atoms with E-state index < -0.39 is 23.8 Å². The summed E-state index contributed by atoms with van der Waals surface area (Å²) >= 11 is 0. The van der Waals surface area contributed by atoms with Crippen molar-refractivity contribution in [2.24, 2.45) is 5.73 Å². The lowest BCUT2D eigenvalue weighted by molar-refractivity contribution is -0.147. The van der Waals surface area contributed by atoms with Gasteiger partial charge in [0.25, 0.3) is 5.91 Å². The number of hydrogen-bond acceptors (Lipinski definition) is 6. The van der Waals surface area contributed by atoms with E-state index >= 15 is 0 Å². The van der Waals surface area contributed by atoms with E-state index in [0.29, 0.717) is 43.9 Å². The second-order valence-corrected chi connectivity index (χ2v) is 6.24. The molecule has 0 radical (unpaired) electrons. The topological polar surface area (TPSA) is 98.9 Å². The number of likely N-dealkylation sites (tertiary alicyclic amines) is 1. The zero-order chi connectivity index (χ0) is 18.4. The zero-order valence-electron chi connectivity index (χ0n) is 14.8. The van der Waals surface area contributed by atoms with E-state index in [0.717, 1.165) is 12.8 Å². The van der Waals surface area contributed by atoms with Crippen LogP contribution in [0.1, 0.15) is 32.6 Å². The molecule has 7 heteroatoms. The first-order valence-corrected chi connectivity index (χ1v) is 8.61. The molecule has 2 N–H and O–H groups in total. The SMILES string of the molecule is COC1=CCC(C(=O)C(=O)N2CCCCC2C(C)=O)=CC1OCCN. The van der Waals surface area contributed by atoms with Crippen LogP contribution in [0.3, 0.4) is 0 Å².